The predicted octanol–water partition coefficient (Wildman–Crippen LogP) is 3.77. The molecular weight excluding hydrogens is 247 g/mol. The third kappa shape index (κ3) is 2.68. The van der Waals surface area contributed by atoms with E-state index in [0.717, 1.165) is 18.1 Å². The lowest BCUT2D eigenvalue weighted by Gasteiger charge is -2.08. The minimum atomic E-state index is -0.351. The number of benzene rings is 1. The molecule has 0 radical (unpaired) electrons. The van der Waals surface area contributed by atoms with Crippen molar-refractivity contribution in [2.45, 2.75) is 18.6 Å². The van der Waals surface area contributed by atoms with Crippen LogP contribution < -0.4 is 5.32 Å². The quantitative estimate of drug-likeness (QED) is 0.873. The number of rotatable bonds is 2. The standard InChI is InChI=1S/C11H12ClFN2S/c1-2-8-6-14-11(16-8)15-10-4-3-7(12)5-9(10)13/h3-5,8H,2,6H2,1H3,(H,14,15). The van der Waals surface area contributed by atoms with Gasteiger partial charge in [0.05, 0.1) is 12.2 Å². The molecule has 0 saturated carbocycles. The number of aliphatic imine (C=N–C) groups is 1. The number of nitrogens with one attached hydrogen (secondary N) is 1. The molecule has 0 aromatic heterocycles. The van der Waals surface area contributed by atoms with Crippen molar-refractivity contribution in [1.29, 1.82) is 0 Å². The Balaban J connectivity index is 2.05. The van der Waals surface area contributed by atoms with Crippen LogP contribution in [0.4, 0.5) is 10.1 Å². The van der Waals surface area contributed by atoms with E-state index in [-0.39, 0.29) is 5.82 Å². The molecule has 2 rings (SSSR count). The molecule has 0 saturated heterocycles. The first-order valence-corrected chi connectivity index (χ1v) is 6.38. The summed E-state index contributed by atoms with van der Waals surface area (Å²) in [5.74, 6) is -0.351. The van der Waals surface area contributed by atoms with Crippen LogP contribution in [0.3, 0.4) is 0 Å². The van der Waals surface area contributed by atoms with Gasteiger partial charge in [0, 0.05) is 10.3 Å². The highest BCUT2D eigenvalue weighted by atomic mass is 35.5. The summed E-state index contributed by atoms with van der Waals surface area (Å²) >= 11 is 7.33. The summed E-state index contributed by atoms with van der Waals surface area (Å²) in [4.78, 5) is 4.32. The Morgan fingerprint density at radius 3 is 3.06 bits per heavy atom. The zero-order valence-electron chi connectivity index (χ0n) is 8.84. The number of amidine groups is 1. The monoisotopic (exact) mass is 258 g/mol. The molecule has 0 bridgehead atoms. The van der Waals surface area contributed by atoms with Gasteiger partial charge in [-0.3, -0.25) is 4.99 Å². The highest BCUT2D eigenvalue weighted by molar-refractivity contribution is 8.15. The van der Waals surface area contributed by atoms with Gasteiger partial charge in [0.2, 0.25) is 0 Å². The summed E-state index contributed by atoms with van der Waals surface area (Å²) in [6.45, 7) is 2.93. The molecule has 0 fully saturated rings. The van der Waals surface area contributed by atoms with Crippen molar-refractivity contribution in [3.63, 3.8) is 0 Å². The zero-order valence-corrected chi connectivity index (χ0v) is 10.4. The van der Waals surface area contributed by atoms with Crippen LogP contribution in [0.25, 0.3) is 0 Å². The molecule has 1 unspecified atom stereocenters. The fourth-order valence-corrected chi connectivity index (χ4v) is 2.51. The van der Waals surface area contributed by atoms with Gasteiger partial charge >= 0.3 is 0 Å². The molecule has 1 aromatic carbocycles. The second-order valence-electron chi connectivity index (χ2n) is 3.54. The van der Waals surface area contributed by atoms with E-state index < -0.39 is 0 Å². The van der Waals surface area contributed by atoms with Crippen molar-refractivity contribution in [1.82, 2.24) is 0 Å². The second-order valence-corrected chi connectivity index (χ2v) is 5.27. The van der Waals surface area contributed by atoms with Crippen LogP contribution in [0.1, 0.15) is 13.3 Å². The van der Waals surface area contributed by atoms with E-state index in [1.807, 2.05) is 0 Å². The molecule has 0 amide bonds. The Hall–Kier alpha value is -0.740. The van der Waals surface area contributed by atoms with Crippen LogP contribution in [0, 0.1) is 5.82 Å². The van der Waals surface area contributed by atoms with Gasteiger partial charge in [-0.2, -0.15) is 0 Å². The third-order valence-corrected chi connectivity index (χ3v) is 3.85. The fourth-order valence-electron chi connectivity index (χ4n) is 1.40. The summed E-state index contributed by atoms with van der Waals surface area (Å²) < 4.78 is 13.5. The predicted molar refractivity (Wildman–Crippen MR) is 69.0 cm³/mol. The number of halogens is 2. The summed E-state index contributed by atoms with van der Waals surface area (Å²) in [7, 11) is 0. The van der Waals surface area contributed by atoms with Crippen LogP contribution in [0.15, 0.2) is 23.2 Å². The molecular formula is C11H12ClFN2S. The lowest BCUT2D eigenvalue weighted by Crippen LogP contribution is -2.08. The van der Waals surface area contributed by atoms with Crippen LogP contribution >= 0.6 is 23.4 Å². The molecule has 16 heavy (non-hydrogen) atoms. The van der Waals surface area contributed by atoms with E-state index in [9.17, 15) is 4.39 Å². The molecule has 1 aliphatic rings. The highest BCUT2D eigenvalue weighted by Gasteiger charge is 2.18. The number of anilines is 1. The van der Waals surface area contributed by atoms with Gasteiger partial charge in [0.1, 0.15) is 5.82 Å². The lowest BCUT2D eigenvalue weighted by atomic mass is 10.3. The SMILES string of the molecule is CCC1CN=C(Nc2ccc(Cl)cc2F)S1. The van der Waals surface area contributed by atoms with E-state index >= 15 is 0 Å². The summed E-state index contributed by atoms with van der Waals surface area (Å²) in [5, 5.41) is 4.68. The Morgan fingerprint density at radius 1 is 1.62 bits per heavy atom. The first-order chi connectivity index (χ1) is 7.69. The lowest BCUT2D eigenvalue weighted by molar-refractivity contribution is 0.632. The van der Waals surface area contributed by atoms with E-state index in [1.165, 1.54) is 6.07 Å². The molecule has 5 heteroatoms. The molecule has 86 valence electrons. The van der Waals surface area contributed by atoms with Crippen molar-refractivity contribution in [3.05, 3.63) is 29.0 Å². The molecule has 1 N–H and O–H groups in total. The number of hydrogen-bond donors (Lipinski definition) is 1. The van der Waals surface area contributed by atoms with Gasteiger partial charge in [-0.25, -0.2) is 4.39 Å². The van der Waals surface area contributed by atoms with Crippen molar-refractivity contribution in [3.8, 4) is 0 Å². The summed E-state index contributed by atoms with van der Waals surface area (Å²) in [6.07, 6.45) is 1.07. The molecule has 1 aromatic rings. The first kappa shape index (κ1) is 11.7. The Morgan fingerprint density at radius 2 is 2.44 bits per heavy atom. The first-order valence-electron chi connectivity index (χ1n) is 5.12. The van der Waals surface area contributed by atoms with Gasteiger partial charge in [-0.05, 0) is 24.6 Å². The minimum Gasteiger partial charge on any atom is -0.333 e. The molecule has 1 atom stereocenters. The Labute approximate surface area is 103 Å². The molecule has 0 spiro atoms. The maximum Gasteiger partial charge on any atom is 0.161 e. The summed E-state index contributed by atoms with van der Waals surface area (Å²) in [6, 6.07) is 4.58. The van der Waals surface area contributed by atoms with E-state index in [1.54, 1.807) is 23.9 Å². The molecule has 0 aliphatic carbocycles. The van der Waals surface area contributed by atoms with E-state index in [2.05, 4.69) is 17.2 Å². The summed E-state index contributed by atoms with van der Waals surface area (Å²) in [5.41, 5.74) is 0.424. The van der Waals surface area contributed by atoms with Crippen LogP contribution in [-0.2, 0) is 0 Å². The van der Waals surface area contributed by atoms with Crippen molar-refractivity contribution < 1.29 is 4.39 Å². The second kappa shape index (κ2) is 5.06. The minimum absolute atomic E-state index is 0.351. The molecule has 1 heterocycles. The number of nitrogens with zero attached hydrogens (tertiary/aromatic N) is 1. The molecule has 2 nitrogen and oxygen atoms in total. The topological polar surface area (TPSA) is 24.4 Å². The van der Waals surface area contributed by atoms with Crippen molar-refractivity contribution in [2.75, 3.05) is 11.9 Å². The van der Waals surface area contributed by atoms with Gasteiger partial charge < -0.3 is 5.32 Å². The van der Waals surface area contributed by atoms with Crippen molar-refractivity contribution >= 4 is 34.2 Å². The van der Waals surface area contributed by atoms with E-state index in [0.29, 0.717) is 16.0 Å². The average Bonchev–Trinajstić information content (AvgIpc) is 2.70. The Bertz CT molecular complexity index is 422. The number of hydrogen-bond acceptors (Lipinski definition) is 3. The van der Waals surface area contributed by atoms with Gasteiger partial charge in [-0.15, -0.1) is 0 Å². The maximum atomic E-state index is 13.5. The van der Waals surface area contributed by atoms with Gasteiger partial charge in [0.15, 0.2) is 5.17 Å². The van der Waals surface area contributed by atoms with Crippen LogP contribution in [0.5, 0.6) is 0 Å². The zero-order chi connectivity index (χ0) is 11.5. The third-order valence-electron chi connectivity index (χ3n) is 2.34. The number of thioether (sulfide) groups is 1. The van der Waals surface area contributed by atoms with E-state index in [4.69, 9.17) is 11.6 Å². The normalized spacial score (nSPS) is 19.7. The molecule has 1 aliphatic heterocycles. The van der Waals surface area contributed by atoms with Crippen LogP contribution in [-0.4, -0.2) is 17.0 Å². The van der Waals surface area contributed by atoms with Crippen LogP contribution in [0.2, 0.25) is 5.02 Å². The fraction of sp³-hybridized carbons (Fsp3) is 0.364. The smallest absolute Gasteiger partial charge is 0.161 e. The highest BCUT2D eigenvalue weighted by Crippen LogP contribution is 2.26. The van der Waals surface area contributed by atoms with Crippen molar-refractivity contribution in [2.24, 2.45) is 4.99 Å². The maximum absolute atomic E-state index is 13.5. The largest absolute Gasteiger partial charge is 0.333 e. The van der Waals surface area contributed by atoms with Gasteiger partial charge in [-0.1, -0.05) is 30.3 Å². The Kier molecular flexibility index (Phi) is 3.71. The van der Waals surface area contributed by atoms with Gasteiger partial charge in [0.25, 0.3) is 0 Å². The average molecular weight is 259 g/mol.